The van der Waals surface area contributed by atoms with Gasteiger partial charge in [-0.1, -0.05) is 56.0 Å². The molecule has 0 amide bonds. The molecule has 5 heteroatoms. The van der Waals surface area contributed by atoms with Crippen molar-refractivity contribution in [2.45, 2.75) is 13.3 Å². The summed E-state index contributed by atoms with van der Waals surface area (Å²) in [5.41, 5.74) is 4.58. The van der Waals surface area contributed by atoms with Gasteiger partial charge in [-0.3, -0.25) is 5.10 Å². The lowest BCUT2D eigenvalue weighted by Gasteiger charge is -2.19. The molecule has 1 heterocycles. The van der Waals surface area contributed by atoms with Crippen LogP contribution in [0.25, 0.3) is 22.0 Å². The molecule has 1 N–H and O–H groups in total. The number of carbonyl (C=O) groups is 1. The summed E-state index contributed by atoms with van der Waals surface area (Å²) in [6, 6.07) is 19.8. The molecule has 0 saturated heterocycles. The molecule has 0 aliphatic carbocycles. The summed E-state index contributed by atoms with van der Waals surface area (Å²) >= 11 is 0. The first kappa shape index (κ1) is 20.3. The molecule has 4 aromatic rings. The molecule has 0 aliphatic rings. The molecule has 154 valence electrons. The topological polar surface area (TPSA) is 55.0 Å². The lowest BCUT2D eigenvalue weighted by Crippen LogP contribution is -2.06. The number of esters is 1. The zero-order valence-electron chi connectivity index (χ0n) is 17.1. The van der Waals surface area contributed by atoms with E-state index in [0.29, 0.717) is 23.3 Å². The molecule has 31 heavy (non-hydrogen) atoms. The maximum absolute atomic E-state index is 14.8. The maximum atomic E-state index is 14.8. The molecule has 0 fully saturated rings. The number of rotatable bonds is 6. The summed E-state index contributed by atoms with van der Waals surface area (Å²) in [6.45, 7) is 5.46. The average molecular weight is 412 g/mol. The highest BCUT2D eigenvalue weighted by atomic mass is 19.1. The Morgan fingerprint density at radius 1 is 1.10 bits per heavy atom. The van der Waals surface area contributed by atoms with E-state index in [1.54, 1.807) is 30.5 Å². The highest BCUT2D eigenvalue weighted by Gasteiger charge is 2.20. The lowest BCUT2D eigenvalue weighted by molar-refractivity contribution is -0.128. The molecular formula is C26H21FN2O2. The van der Waals surface area contributed by atoms with Crippen LogP contribution in [0.5, 0.6) is 5.75 Å². The zero-order chi connectivity index (χ0) is 21.8. The van der Waals surface area contributed by atoms with Gasteiger partial charge in [-0.2, -0.15) is 5.10 Å². The number of carbonyl (C=O) groups excluding carboxylic acids is 1. The van der Waals surface area contributed by atoms with Crippen LogP contribution in [0.4, 0.5) is 4.39 Å². The molecule has 0 bridgehead atoms. The van der Waals surface area contributed by atoms with E-state index in [0.717, 1.165) is 33.7 Å². The Kier molecular flexibility index (Phi) is 5.76. The van der Waals surface area contributed by atoms with Crippen LogP contribution in [-0.2, 0) is 4.79 Å². The van der Waals surface area contributed by atoms with Crippen LogP contribution in [0, 0.1) is 5.82 Å². The van der Waals surface area contributed by atoms with Gasteiger partial charge in [0.25, 0.3) is 0 Å². The molecule has 0 aliphatic heterocycles. The number of hydrogen-bond donors (Lipinski definition) is 1. The van der Waals surface area contributed by atoms with E-state index < -0.39 is 5.97 Å². The Morgan fingerprint density at radius 2 is 1.84 bits per heavy atom. The van der Waals surface area contributed by atoms with Crippen molar-refractivity contribution in [3.63, 3.8) is 0 Å². The molecule has 0 atom stereocenters. The van der Waals surface area contributed by atoms with Crippen molar-refractivity contribution in [3.8, 4) is 5.75 Å². The van der Waals surface area contributed by atoms with Gasteiger partial charge in [0.05, 0.1) is 11.7 Å². The zero-order valence-corrected chi connectivity index (χ0v) is 17.1. The normalized spacial score (nSPS) is 11.8. The lowest BCUT2D eigenvalue weighted by atomic mass is 9.87. The third-order valence-corrected chi connectivity index (χ3v) is 5.12. The van der Waals surface area contributed by atoms with Crippen LogP contribution in [0.3, 0.4) is 0 Å². The molecule has 3 aromatic carbocycles. The largest absolute Gasteiger partial charge is 0.423 e. The SMILES string of the molecule is C=CC(=O)Oc1ccccc1/C(=C(\CC)c1ccccc1F)c1ccc2[nH]ncc2c1. The summed E-state index contributed by atoms with van der Waals surface area (Å²) in [5, 5.41) is 7.98. The standard InChI is InChI=1S/C26H21FN2O2/c1-3-19(20-9-5-7-11-22(20)27)26(17-13-14-23-18(15-17)16-28-29-23)21-10-6-8-12-24(21)31-25(30)4-2/h4-16H,2-3H2,1H3,(H,28,29)/b26-19+. The van der Waals surface area contributed by atoms with E-state index in [1.165, 1.54) is 6.07 Å². The first-order valence-electron chi connectivity index (χ1n) is 9.97. The van der Waals surface area contributed by atoms with Gasteiger partial charge in [0.1, 0.15) is 11.6 Å². The van der Waals surface area contributed by atoms with Gasteiger partial charge >= 0.3 is 5.97 Å². The Hall–Kier alpha value is -3.99. The molecule has 0 spiro atoms. The van der Waals surface area contributed by atoms with Crippen LogP contribution < -0.4 is 4.74 Å². The monoisotopic (exact) mass is 412 g/mol. The van der Waals surface area contributed by atoms with Crippen molar-refractivity contribution in [1.29, 1.82) is 0 Å². The predicted octanol–water partition coefficient (Wildman–Crippen LogP) is 6.16. The highest BCUT2D eigenvalue weighted by Crippen LogP contribution is 2.39. The maximum Gasteiger partial charge on any atom is 0.335 e. The average Bonchev–Trinajstić information content (AvgIpc) is 3.26. The fourth-order valence-electron chi connectivity index (χ4n) is 3.71. The van der Waals surface area contributed by atoms with Crippen molar-refractivity contribution >= 4 is 28.0 Å². The molecule has 1 aromatic heterocycles. The van der Waals surface area contributed by atoms with Crippen LogP contribution in [0.2, 0.25) is 0 Å². The number of H-pyrrole nitrogens is 1. The Bertz CT molecular complexity index is 1300. The van der Waals surface area contributed by atoms with E-state index in [9.17, 15) is 9.18 Å². The predicted molar refractivity (Wildman–Crippen MR) is 121 cm³/mol. The van der Waals surface area contributed by atoms with E-state index in [4.69, 9.17) is 4.74 Å². The van der Waals surface area contributed by atoms with Gasteiger partial charge < -0.3 is 4.74 Å². The molecule has 0 radical (unpaired) electrons. The summed E-state index contributed by atoms with van der Waals surface area (Å²) in [6.07, 6.45) is 3.44. The third kappa shape index (κ3) is 4.03. The number of allylic oxidation sites excluding steroid dienone is 1. The number of hydrogen-bond acceptors (Lipinski definition) is 3. The Labute approximate surface area is 179 Å². The van der Waals surface area contributed by atoms with Crippen LogP contribution >= 0.6 is 0 Å². The van der Waals surface area contributed by atoms with Crippen LogP contribution in [0.15, 0.2) is 85.6 Å². The number of aromatic amines is 1. The van der Waals surface area contributed by atoms with Crippen molar-refractivity contribution in [1.82, 2.24) is 10.2 Å². The van der Waals surface area contributed by atoms with Gasteiger partial charge in [-0.25, -0.2) is 9.18 Å². The second-order valence-corrected chi connectivity index (χ2v) is 6.98. The third-order valence-electron chi connectivity index (χ3n) is 5.12. The molecule has 4 rings (SSSR count). The number of nitrogens with zero attached hydrogens (tertiary/aromatic N) is 1. The number of fused-ring (bicyclic) bond motifs is 1. The first-order chi connectivity index (χ1) is 15.1. The first-order valence-corrected chi connectivity index (χ1v) is 9.97. The Balaban J connectivity index is 2.04. The fourth-order valence-corrected chi connectivity index (χ4v) is 3.71. The number of nitrogens with one attached hydrogen (secondary N) is 1. The van der Waals surface area contributed by atoms with Crippen molar-refractivity contribution < 1.29 is 13.9 Å². The smallest absolute Gasteiger partial charge is 0.335 e. The second-order valence-electron chi connectivity index (χ2n) is 6.98. The van der Waals surface area contributed by atoms with E-state index in [-0.39, 0.29) is 5.82 Å². The van der Waals surface area contributed by atoms with Gasteiger partial charge in [-0.05, 0) is 47.4 Å². The minimum absolute atomic E-state index is 0.304. The second kappa shape index (κ2) is 8.79. The molecule has 0 saturated carbocycles. The van der Waals surface area contributed by atoms with Gasteiger partial charge in [0.15, 0.2) is 0 Å². The van der Waals surface area contributed by atoms with E-state index in [2.05, 4.69) is 16.8 Å². The van der Waals surface area contributed by atoms with Crippen LogP contribution in [0.1, 0.15) is 30.0 Å². The number of benzene rings is 3. The van der Waals surface area contributed by atoms with E-state index >= 15 is 0 Å². The number of ether oxygens (including phenoxy) is 1. The van der Waals surface area contributed by atoms with E-state index in [1.807, 2.05) is 43.3 Å². The van der Waals surface area contributed by atoms with Gasteiger partial charge in [0.2, 0.25) is 0 Å². The summed E-state index contributed by atoms with van der Waals surface area (Å²) < 4.78 is 20.4. The summed E-state index contributed by atoms with van der Waals surface area (Å²) in [5.74, 6) is -0.472. The van der Waals surface area contributed by atoms with Crippen molar-refractivity contribution in [3.05, 3.63) is 108 Å². The molecular weight excluding hydrogens is 391 g/mol. The van der Waals surface area contributed by atoms with Crippen molar-refractivity contribution in [2.75, 3.05) is 0 Å². The number of para-hydroxylation sites is 1. The van der Waals surface area contributed by atoms with Gasteiger partial charge in [-0.15, -0.1) is 0 Å². The fraction of sp³-hybridized carbons (Fsp3) is 0.0769. The minimum Gasteiger partial charge on any atom is -0.423 e. The number of halogens is 1. The summed E-state index contributed by atoms with van der Waals surface area (Å²) in [7, 11) is 0. The minimum atomic E-state index is -0.555. The highest BCUT2D eigenvalue weighted by molar-refractivity contribution is 6.02. The van der Waals surface area contributed by atoms with Gasteiger partial charge in [0, 0.05) is 22.6 Å². The Morgan fingerprint density at radius 3 is 2.58 bits per heavy atom. The summed E-state index contributed by atoms with van der Waals surface area (Å²) in [4.78, 5) is 12.0. The van der Waals surface area contributed by atoms with Crippen molar-refractivity contribution in [2.24, 2.45) is 0 Å². The molecule has 0 unspecified atom stereocenters. The van der Waals surface area contributed by atoms with Crippen LogP contribution in [-0.4, -0.2) is 16.2 Å². The quantitative estimate of drug-likeness (QED) is 0.179. The molecule has 4 nitrogen and oxygen atoms in total. The number of aromatic nitrogens is 2.